The van der Waals surface area contributed by atoms with Gasteiger partial charge in [-0.2, -0.15) is 0 Å². The molecule has 0 spiro atoms. The summed E-state index contributed by atoms with van der Waals surface area (Å²) in [7, 11) is 0. The van der Waals surface area contributed by atoms with Crippen molar-refractivity contribution in [2.75, 3.05) is 22.1 Å². The van der Waals surface area contributed by atoms with Crippen LogP contribution in [0.15, 0.2) is 42.5 Å². The molecule has 4 rings (SSSR count). The summed E-state index contributed by atoms with van der Waals surface area (Å²) in [6.45, 7) is 6.27. The fourth-order valence-electron chi connectivity index (χ4n) is 3.66. The molecule has 1 aromatic heterocycles. The lowest BCUT2D eigenvalue weighted by atomic mass is 10.1. The molecule has 0 unspecified atom stereocenters. The van der Waals surface area contributed by atoms with Crippen molar-refractivity contribution in [2.24, 2.45) is 5.92 Å². The van der Waals surface area contributed by atoms with Crippen molar-refractivity contribution in [3.8, 4) is 0 Å². The molecule has 0 bridgehead atoms. The highest BCUT2D eigenvalue weighted by Crippen LogP contribution is 2.28. The summed E-state index contributed by atoms with van der Waals surface area (Å²) in [6.07, 6.45) is 0.858. The molecule has 0 saturated carbocycles. The molecule has 3 amide bonds. The van der Waals surface area contributed by atoms with E-state index >= 15 is 0 Å². The van der Waals surface area contributed by atoms with Crippen LogP contribution in [0.3, 0.4) is 0 Å². The van der Waals surface area contributed by atoms with Crippen LogP contribution in [0.1, 0.15) is 39.8 Å². The van der Waals surface area contributed by atoms with Gasteiger partial charge in [0.2, 0.25) is 16.9 Å². The van der Waals surface area contributed by atoms with E-state index in [1.165, 1.54) is 11.3 Å². The summed E-state index contributed by atoms with van der Waals surface area (Å²) in [5, 5.41) is 14.8. The van der Waals surface area contributed by atoms with Crippen LogP contribution in [0.25, 0.3) is 0 Å². The molecular weight excluding hydrogens is 438 g/mol. The first-order valence-electron chi connectivity index (χ1n) is 10.8. The van der Waals surface area contributed by atoms with E-state index in [0.29, 0.717) is 22.9 Å². The lowest BCUT2D eigenvalue weighted by Crippen LogP contribution is -2.28. The normalized spacial score (nSPS) is 15.5. The van der Waals surface area contributed by atoms with Crippen LogP contribution >= 0.6 is 11.3 Å². The third-order valence-corrected chi connectivity index (χ3v) is 6.70. The summed E-state index contributed by atoms with van der Waals surface area (Å²) < 4.78 is 0. The van der Waals surface area contributed by atoms with Crippen LogP contribution < -0.4 is 15.5 Å². The van der Waals surface area contributed by atoms with Crippen LogP contribution in [0, 0.1) is 19.8 Å². The number of nitrogens with one attached hydrogen (secondary N) is 2. The van der Waals surface area contributed by atoms with Gasteiger partial charge in [0.15, 0.2) is 0 Å². The van der Waals surface area contributed by atoms with Crippen LogP contribution in [0.4, 0.5) is 16.5 Å². The number of nitrogens with zero attached hydrogens (tertiary/aromatic N) is 3. The molecule has 0 radical (unpaired) electrons. The lowest BCUT2D eigenvalue weighted by molar-refractivity contribution is -0.122. The summed E-state index contributed by atoms with van der Waals surface area (Å²) in [4.78, 5) is 40.1. The van der Waals surface area contributed by atoms with Crippen molar-refractivity contribution in [3.63, 3.8) is 0 Å². The summed E-state index contributed by atoms with van der Waals surface area (Å²) in [5.74, 6) is -1.28. The number of anilines is 3. The molecule has 1 aliphatic rings. The fourth-order valence-corrected chi connectivity index (χ4v) is 4.34. The zero-order valence-corrected chi connectivity index (χ0v) is 19.5. The molecule has 0 aliphatic carbocycles. The number of hydrogen-bond donors (Lipinski definition) is 2. The van der Waals surface area contributed by atoms with Crippen LogP contribution in [-0.2, 0) is 16.0 Å². The lowest BCUT2D eigenvalue weighted by Gasteiger charge is -2.18. The van der Waals surface area contributed by atoms with Gasteiger partial charge < -0.3 is 10.2 Å². The SMILES string of the molecule is CCc1nnc(NC(=O)c2ccccc2NC(=O)[C@@H]2CC(=O)N(c3ccc(C)c(C)c3)C2)s1. The minimum absolute atomic E-state index is 0.0903. The summed E-state index contributed by atoms with van der Waals surface area (Å²) >= 11 is 1.31. The van der Waals surface area contributed by atoms with E-state index in [1.54, 1.807) is 29.2 Å². The van der Waals surface area contributed by atoms with E-state index in [2.05, 4.69) is 20.8 Å². The molecule has 8 nitrogen and oxygen atoms in total. The molecule has 3 aromatic rings. The van der Waals surface area contributed by atoms with Crippen molar-refractivity contribution in [3.05, 3.63) is 64.2 Å². The third-order valence-electron chi connectivity index (χ3n) is 5.72. The Morgan fingerprint density at radius 3 is 2.61 bits per heavy atom. The smallest absolute Gasteiger partial charge is 0.259 e. The molecule has 1 fully saturated rings. The van der Waals surface area contributed by atoms with Gasteiger partial charge in [0, 0.05) is 18.7 Å². The number of aryl methyl sites for hydroxylation is 3. The second-order valence-electron chi connectivity index (χ2n) is 8.02. The zero-order valence-electron chi connectivity index (χ0n) is 18.7. The van der Waals surface area contributed by atoms with Gasteiger partial charge in [-0.25, -0.2) is 0 Å². The Morgan fingerprint density at radius 2 is 1.88 bits per heavy atom. The van der Waals surface area contributed by atoms with Gasteiger partial charge in [-0.15, -0.1) is 10.2 Å². The first-order chi connectivity index (χ1) is 15.9. The van der Waals surface area contributed by atoms with Crippen molar-refractivity contribution in [2.45, 2.75) is 33.6 Å². The Balaban J connectivity index is 1.46. The fraction of sp³-hybridized carbons (Fsp3) is 0.292. The first-order valence-corrected chi connectivity index (χ1v) is 11.6. The number of para-hydroxylation sites is 1. The van der Waals surface area contributed by atoms with Crippen molar-refractivity contribution >= 4 is 45.6 Å². The topological polar surface area (TPSA) is 104 Å². The summed E-state index contributed by atoms with van der Waals surface area (Å²) in [5.41, 5.74) is 3.73. The number of rotatable bonds is 6. The number of aromatic nitrogens is 2. The van der Waals surface area contributed by atoms with Gasteiger partial charge in [-0.05, 0) is 55.7 Å². The second-order valence-corrected chi connectivity index (χ2v) is 9.08. The van der Waals surface area contributed by atoms with Crippen molar-refractivity contribution in [1.82, 2.24) is 10.2 Å². The molecule has 33 heavy (non-hydrogen) atoms. The Morgan fingerprint density at radius 1 is 1.09 bits per heavy atom. The van der Waals surface area contributed by atoms with Gasteiger partial charge in [0.05, 0.1) is 17.2 Å². The molecular formula is C24H25N5O3S. The average Bonchev–Trinajstić information content (AvgIpc) is 3.42. The molecule has 1 saturated heterocycles. The Labute approximate surface area is 196 Å². The number of benzene rings is 2. The maximum Gasteiger partial charge on any atom is 0.259 e. The van der Waals surface area contributed by atoms with E-state index in [-0.39, 0.29) is 24.1 Å². The van der Waals surface area contributed by atoms with Gasteiger partial charge in [0.1, 0.15) is 5.01 Å². The largest absolute Gasteiger partial charge is 0.325 e. The van der Waals surface area contributed by atoms with E-state index in [1.807, 2.05) is 39.0 Å². The third kappa shape index (κ3) is 4.93. The highest BCUT2D eigenvalue weighted by atomic mass is 32.1. The molecule has 2 aromatic carbocycles. The van der Waals surface area contributed by atoms with Gasteiger partial charge in [0.25, 0.3) is 5.91 Å². The molecule has 1 atom stereocenters. The van der Waals surface area contributed by atoms with Gasteiger partial charge >= 0.3 is 0 Å². The molecule has 1 aliphatic heterocycles. The minimum Gasteiger partial charge on any atom is -0.325 e. The van der Waals surface area contributed by atoms with Crippen molar-refractivity contribution in [1.29, 1.82) is 0 Å². The van der Waals surface area contributed by atoms with Gasteiger partial charge in [-0.1, -0.05) is 36.5 Å². The highest BCUT2D eigenvalue weighted by molar-refractivity contribution is 7.15. The Hall–Kier alpha value is -3.59. The van der Waals surface area contributed by atoms with Crippen LogP contribution in [0.5, 0.6) is 0 Å². The van der Waals surface area contributed by atoms with E-state index in [4.69, 9.17) is 0 Å². The number of carbonyl (C=O) groups excluding carboxylic acids is 3. The number of hydrogen-bond acceptors (Lipinski definition) is 6. The standard InChI is InChI=1S/C24H25N5O3S/c1-4-20-27-28-24(33-20)26-23(32)18-7-5-6-8-19(18)25-22(31)16-12-21(30)29(13-16)17-10-9-14(2)15(3)11-17/h5-11,16H,4,12-13H2,1-3H3,(H,25,31)(H,26,28,32)/t16-/m1/s1. The average molecular weight is 464 g/mol. The number of carbonyl (C=O) groups is 3. The highest BCUT2D eigenvalue weighted by Gasteiger charge is 2.35. The van der Waals surface area contributed by atoms with E-state index < -0.39 is 5.92 Å². The van der Waals surface area contributed by atoms with E-state index in [0.717, 1.165) is 28.2 Å². The maximum atomic E-state index is 13.0. The predicted octanol–water partition coefficient (Wildman–Crippen LogP) is 3.96. The van der Waals surface area contributed by atoms with Crippen LogP contribution in [0.2, 0.25) is 0 Å². The molecule has 170 valence electrons. The Kier molecular flexibility index (Phi) is 6.50. The maximum absolute atomic E-state index is 13.0. The van der Waals surface area contributed by atoms with Gasteiger partial charge in [-0.3, -0.25) is 19.7 Å². The minimum atomic E-state index is -0.509. The zero-order chi connectivity index (χ0) is 23.5. The Bertz CT molecular complexity index is 1220. The van der Waals surface area contributed by atoms with Crippen LogP contribution in [-0.4, -0.2) is 34.5 Å². The molecule has 9 heteroatoms. The molecule has 2 heterocycles. The second kappa shape index (κ2) is 9.50. The summed E-state index contributed by atoms with van der Waals surface area (Å²) in [6, 6.07) is 12.6. The quantitative estimate of drug-likeness (QED) is 0.576. The van der Waals surface area contributed by atoms with Crippen molar-refractivity contribution < 1.29 is 14.4 Å². The monoisotopic (exact) mass is 463 g/mol. The predicted molar refractivity (Wildman–Crippen MR) is 129 cm³/mol. The number of amides is 3. The first kappa shape index (κ1) is 22.6. The van der Waals surface area contributed by atoms with E-state index in [9.17, 15) is 14.4 Å². The molecule has 2 N–H and O–H groups in total.